The summed E-state index contributed by atoms with van der Waals surface area (Å²) in [5, 5.41) is 3.47. The molecule has 19 heavy (non-hydrogen) atoms. The number of nitrogens with two attached hydrogens (primary N) is 1. The maximum Gasteiger partial charge on any atom is 0.123 e. The number of hydrogen-bond acceptors (Lipinski definition) is 2. The Labute approximate surface area is 112 Å². The fraction of sp³-hybridized carbons (Fsp3) is 0.250. The van der Waals surface area contributed by atoms with E-state index >= 15 is 0 Å². The number of nitrogens with one attached hydrogen (secondary N) is 1. The van der Waals surface area contributed by atoms with Crippen LogP contribution < -0.4 is 11.1 Å². The Morgan fingerprint density at radius 1 is 1.11 bits per heavy atom. The summed E-state index contributed by atoms with van der Waals surface area (Å²) in [6, 6.07) is 15.3. The van der Waals surface area contributed by atoms with Gasteiger partial charge in [-0.05, 0) is 35.2 Å². The molecular weight excluding hydrogens is 239 g/mol. The van der Waals surface area contributed by atoms with E-state index in [1.165, 1.54) is 17.2 Å². The van der Waals surface area contributed by atoms with Gasteiger partial charge in [0, 0.05) is 18.6 Å². The van der Waals surface area contributed by atoms with E-state index < -0.39 is 0 Å². The highest BCUT2D eigenvalue weighted by atomic mass is 19.1. The summed E-state index contributed by atoms with van der Waals surface area (Å²) in [5.41, 5.74) is 9.58. The highest BCUT2D eigenvalue weighted by Crippen LogP contribution is 2.36. The first-order valence-corrected chi connectivity index (χ1v) is 6.56. The number of benzene rings is 2. The molecule has 2 atom stereocenters. The second-order valence-corrected chi connectivity index (χ2v) is 5.03. The second-order valence-electron chi connectivity index (χ2n) is 5.03. The van der Waals surface area contributed by atoms with Crippen molar-refractivity contribution in [2.45, 2.75) is 25.0 Å². The van der Waals surface area contributed by atoms with Gasteiger partial charge in [-0.25, -0.2) is 4.39 Å². The molecule has 3 heteroatoms. The van der Waals surface area contributed by atoms with Crippen LogP contribution in [0.5, 0.6) is 0 Å². The molecule has 0 saturated heterocycles. The summed E-state index contributed by atoms with van der Waals surface area (Å²) in [4.78, 5) is 0. The molecule has 0 saturated carbocycles. The molecule has 0 radical (unpaired) electrons. The summed E-state index contributed by atoms with van der Waals surface area (Å²) in [7, 11) is 0. The summed E-state index contributed by atoms with van der Waals surface area (Å²) in [6.07, 6.45) is 0.897. The average molecular weight is 256 g/mol. The highest BCUT2D eigenvalue weighted by Gasteiger charge is 2.27. The lowest BCUT2D eigenvalue weighted by Gasteiger charge is -2.14. The third kappa shape index (κ3) is 2.53. The van der Waals surface area contributed by atoms with Crippen molar-refractivity contribution in [3.8, 4) is 0 Å². The molecule has 2 aromatic rings. The minimum absolute atomic E-state index is 0.0983. The predicted molar refractivity (Wildman–Crippen MR) is 74.0 cm³/mol. The van der Waals surface area contributed by atoms with Crippen LogP contribution in [0, 0.1) is 5.82 Å². The van der Waals surface area contributed by atoms with Crippen LogP contribution in [0.3, 0.4) is 0 Å². The van der Waals surface area contributed by atoms with Crippen LogP contribution >= 0.6 is 0 Å². The van der Waals surface area contributed by atoms with Crippen LogP contribution in [0.1, 0.15) is 35.2 Å². The zero-order chi connectivity index (χ0) is 13.2. The van der Waals surface area contributed by atoms with Gasteiger partial charge in [0.05, 0.1) is 0 Å². The van der Waals surface area contributed by atoms with Crippen LogP contribution in [0.25, 0.3) is 0 Å². The maximum absolute atomic E-state index is 13.1. The summed E-state index contributed by atoms with van der Waals surface area (Å²) in [5.74, 6) is -0.192. The van der Waals surface area contributed by atoms with E-state index in [1.54, 1.807) is 12.1 Å². The summed E-state index contributed by atoms with van der Waals surface area (Å²) < 4.78 is 13.1. The summed E-state index contributed by atoms with van der Waals surface area (Å²) in [6.45, 7) is 0.656. The third-order valence-electron chi connectivity index (χ3n) is 3.70. The molecule has 0 bridgehead atoms. The van der Waals surface area contributed by atoms with E-state index in [9.17, 15) is 4.39 Å². The first-order chi connectivity index (χ1) is 9.24. The smallest absolute Gasteiger partial charge is 0.123 e. The Balaban J connectivity index is 1.72. The number of rotatable bonds is 3. The van der Waals surface area contributed by atoms with Gasteiger partial charge in [0.15, 0.2) is 0 Å². The molecule has 0 fully saturated rings. The number of fused-ring (bicyclic) bond motifs is 1. The number of halogens is 1. The predicted octanol–water partition coefficient (Wildman–Crippen LogP) is 3.06. The fourth-order valence-electron chi connectivity index (χ4n) is 2.76. The zero-order valence-electron chi connectivity index (χ0n) is 10.6. The molecule has 2 aromatic carbocycles. The molecule has 1 aliphatic carbocycles. The second kappa shape index (κ2) is 5.11. The van der Waals surface area contributed by atoms with E-state index in [2.05, 4.69) is 17.4 Å². The van der Waals surface area contributed by atoms with E-state index in [1.807, 2.05) is 18.2 Å². The molecule has 0 aromatic heterocycles. The van der Waals surface area contributed by atoms with Crippen molar-refractivity contribution < 1.29 is 4.39 Å². The Kier molecular flexibility index (Phi) is 3.32. The molecule has 0 amide bonds. The van der Waals surface area contributed by atoms with Crippen LogP contribution in [-0.4, -0.2) is 0 Å². The van der Waals surface area contributed by atoms with Crippen molar-refractivity contribution in [1.29, 1.82) is 0 Å². The molecular formula is C16H17FN2. The lowest BCUT2D eigenvalue weighted by molar-refractivity contribution is 0.497. The van der Waals surface area contributed by atoms with E-state index in [-0.39, 0.29) is 17.9 Å². The Morgan fingerprint density at radius 3 is 2.68 bits per heavy atom. The summed E-state index contributed by atoms with van der Waals surface area (Å²) >= 11 is 0. The molecule has 3 N–H and O–H groups in total. The van der Waals surface area contributed by atoms with Crippen molar-refractivity contribution in [3.63, 3.8) is 0 Å². The van der Waals surface area contributed by atoms with Crippen molar-refractivity contribution in [2.75, 3.05) is 0 Å². The minimum atomic E-state index is -0.192. The van der Waals surface area contributed by atoms with Crippen molar-refractivity contribution >= 4 is 0 Å². The van der Waals surface area contributed by atoms with E-state index in [0.717, 1.165) is 12.0 Å². The monoisotopic (exact) mass is 256 g/mol. The van der Waals surface area contributed by atoms with Crippen LogP contribution in [-0.2, 0) is 6.54 Å². The molecule has 98 valence electrons. The largest absolute Gasteiger partial charge is 0.324 e. The van der Waals surface area contributed by atoms with Gasteiger partial charge < -0.3 is 11.1 Å². The minimum Gasteiger partial charge on any atom is -0.324 e. The van der Waals surface area contributed by atoms with Gasteiger partial charge in [-0.15, -0.1) is 0 Å². The Morgan fingerprint density at radius 2 is 1.89 bits per heavy atom. The third-order valence-corrected chi connectivity index (χ3v) is 3.70. The Hall–Kier alpha value is -1.71. The van der Waals surface area contributed by atoms with E-state index in [4.69, 9.17) is 5.73 Å². The van der Waals surface area contributed by atoms with Crippen molar-refractivity contribution in [1.82, 2.24) is 5.32 Å². The van der Waals surface area contributed by atoms with Gasteiger partial charge >= 0.3 is 0 Å². The molecule has 0 heterocycles. The van der Waals surface area contributed by atoms with Gasteiger partial charge in [-0.1, -0.05) is 36.4 Å². The molecule has 3 rings (SSSR count). The Bertz CT molecular complexity index is 582. The fourth-order valence-corrected chi connectivity index (χ4v) is 2.76. The van der Waals surface area contributed by atoms with Gasteiger partial charge in [0.25, 0.3) is 0 Å². The first kappa shape index (κ1) is 12.3. The molecule has 0 aliphatic heterocycles. The first-order valence-electron chi connectivity index (χ1n) is 6.56. The van der Waals surface area contributed by atoms with Crippen molar-refractivity contribution in [3.05, 3.63) is 71.0 Å². The van der Waals surface area contributed by atoms with E-state index in [0.29, 0.717) is 6.54 Å². The lowest BCUT2D eigenvalue weighted by Crippen LogP contribution is -2.19. The normalized spacial score (nSPS) is 21.4. The zero-order valence-corrected chi connectivity index (χ0v) is 10.6. The van der Waals surface area contributed by atoms with Gasteiger partial charge in [0.2, 0.25) is 0 Å². The quantitative estimate of drug-likeness (QED) is 0.885. The van der Waals surface area contributed by atoms with Gasteiger partial charge in [-0.2, -0.15) is 0 Å². The lowest BCUT2D eigenvalue weighted by atomic mass is 10.1. The molecule has 2 nitrogen and oxygen atoms in total. The molecule has 0 spiro atoms. The van der Waals surface area contributed by atoms with Crippen LogP contribution in [0.2, 0.25) is 0 Å². The number of hydrogen-bond donors (Lipinski definition) is 2. The van der Waals surface area contributed by atoms with Crippen molar-refractivity contribution in [2.24, 2.45) is 5.73 Å². The maximum atomic E-state index is 13.1. The molecule has 2 unspecified atom stereocenters. The van der Waals surface area contributed by atoms with Gasteiger partial charge in [-0.3, -0.25) is 0 Å². The van der Waals surface area contributed by atoms with Crippen LogP contribution in [0.15, 0.2) is 48.5 Å². The topological polar surface area (TPSA) is 38.0 Å². The molecule has 1 aliphatic rings. The van der Waals surface area contributed by atoms with Crippen LogP contribution in [0.4, 0.5) is 4.39 Å². The average Bonchev–Trinajstić information content (AvgIpc) is 2.74. The standard InChI is InChI=1S/C16H17FN2/c17-12-5-3-4-11(8-12)10-19-16-9-15(18)13-6-1-2-7-14(13)16/h1-8,15-16,19H,9-10,18H2. The van der Waals surface area contributed by atoms with Gasteiger partial charge in [0.1, 0.15) is 5.82 Å². The highest BCUT2D eigenvalue weighted by molar-refractivity contribution is 5.37. The SMILES string of the molecule is NC1CC(NCc2cccc(F)c2)c2ccccc21.